The van der Waals surface area contributed by atoms with Gasteiger partial charge in [0.15, 0.2) is 0 Å². The first-order chi connectivity index (χ1) is 9.32. The molecule has 0 bridgehead atoms. The molecule has 0 aromatic heterocycles. The molecule has 0 saturated heterocycles. The van der Waals surface area contributed by atoms with Crippen LogP contribution in [0.1, 0.15) is 25.8 Å². The summed E-state index contributed by atoms with van der Waals surface area (Å²) in [6.45, 7) is 2.86. The SMILES string of the molecule is CCC(C)N(CC(=O)O)S(=O)(=O)c1ccc(C#N)cc1. The molecule has 1 aromatic rings. The maximum absolute atomic E-state index is 12.4. The Morgan fingerprint density at radius 2 is 1.95 bits per heavy atom. The number of nitriles is 1. The Morgan fingerprint density at radius 1 is 1.40 bits per heavy atom. The number of nitrogens with zero attached hydrogens (tertiary/aromatic N) is 2. The van der Waals surface area contributed by atoms with E-state index in [1.54, 1.807) is 13.8 Å². The number of hydrogen-bond acceptors (Lipinski definition) is 4. The quantitative estimate of drug-likeness (QED) is 0.856. The smallest absolute Gasteiger partial charge is 0.318 e. The highest BCUT2D eigenvalue weighted by atomic mass is 32.2. The molecule has 0 aliphatic heterocycles. The number of carboxylic acids is 1. The molecule has 0 aliphatic carbocycles. The highest BCUT2D eigenvalue weighted by Gasteiger charge is 2.30. The van der Waals surface area contributed by atoms with Gasteiger partial charge in [0.05, 0.1) is 16.5 Å². The first-order valence-corrected chi connectivity index (χ1v) is 7.50. The average molecular weight is 296 g/mol. The highest BCUT2D eigenvalue weighted by molar-refractivity contribution is 7.89. The number of hydrogen-bond donors (Lipinski definition) is 1. The lowest BCUT2D eigenvalue weighted by Gasteiger charge is -2.26. The molecule has 6 nitrogen and oxygen atoms in total. The number of aliphatic carboxylic acids is 1. The Kier molecular flexibility index (Phi) is 5.25. The highest BCUT2D eigenvalue weighted by Crippen LogP contribution is 2.19. The summed E-state index contributed by atoms with van der Waals surface area (Å²) >= 11 is 0. The molecule has 0 amide bonds. The zero-order chi connectivity index (χ0) is 15.3. The number of carbonyl (C=O) groups is 1. The van der Waals surface area contributed by atoms with Gasteiger partial charge in [-0.05, 0) is 37.6 Å². The lowest BCUT2D eigenvalue weighted by molar-refractivity contribution is -0.137. The summed E-state index contributed by atoms with van der Waals surface area (Å²) in [6.07, 6.45) is 0.503. The van der Waals surface area contributed by atoms with Gasteiger partial charge in [0, 0.05) is 6.04 Å². The standard InChI is InChI=1S/C13H16N2O4S/c1-3-10(2)15(9-13(16)17)20(18,19)12-6-4-11(8-14)5-7-12/h4-7,10H,3,9H2,1-2H3,(H,16,17). The summed E-state index contributed by atoms with van der Waals surface area (Å²) in [5.74, 6) is -1.21. The summed E-state index contributed by atoms with van der Waals surface area (Å²) in [4.78, 5) is 10.8. The van der Waals surface area contributed by atoms with E-state index in [0.717, 1.165) is 4.31 Å². The number of benzene rings is 1. The molecule has 0 spiro atoms. The van der Waals surface area contributed by atoms with Crippen LogP contribution in [-0.4, -0.2) is 36.4 Å². The summed E-state index contributed by atoms with van der Waals surface area (Å²) in [6, 6.07) is 6.88. The molecule has 0 aliphatic rings. The van der Waals surface area contributed by atoms with Crippen LogP contribution in [0.4, 0.5) is 0 Å². The van der Waals surface area contributed by atoms with Crippen molar-refractivity contribution in [1.29, 1.82) is 5.26 Å². The summed E-state index contributed by atoms with van der Waals surface area (Å²) in [5.41, 5.74) is 0.345. The van der Waals surface area contributed by atoms with Crippen LogP contribution < -0.4 is 0 Å². The van der Waals surface area contributed by atoms with E-state index in [-0.39, 0.29) is 4.90 Å². The number of rotatable bonds is 6. The molecular weight excluding hydrogens is 280 g/mol. The van der Waals surface area contributed by atoms with E-state index in [0.29, 0.717) is 12.0 Å². The van der Waals surface area contributed by atoms with E-state index in [4.69, 9.17) is 10.4 Å². The Morgan fingerprint density at radius 3 is 2.35 bits per heavy atom. The first kappa shape index (κ1) is 16.1. The van der Waals surface area contributed by atoms with Gasteiger partial charge in [0.25, 0.3) is 0 Å². The largest absolute Gasteiger partial charge is 0.480 e. The van der Waals surface area contributed by atoms with Gasteiger partial charge in [0.2, 0.25) is 10.0 Å². The third-order valence-electron chi connectivity index (χ3n) is 2.96. The molecule has 0 heterocycles. The second-order valence-corrected chi connectivity index (χ2v) is 6.23. The maximum atomic E-state index is 12.4. The van der Waals surface area contributed by atoms with E-state index in [9.17, 15) is 13.2 Å². The van der Waals surface area contributed by atoms with Gasteiger partial charge in [-0.15, -0.1) is 0 Å². The van der Waals surface area contributed by atoms with Crippen molar-refractivity contribution in [3.05, 3.63) is 29.8 Å². The Bertz CT molecular complexity index is 617. The van der Waals surface area contributed by atoms with Crippen LogP contribution in [0.15, 0.2) is 29.2 Å². The second kappa shape index (κ2) is 6.50. The number of carboxylic acid groups (broad SMARTS) is 1. The van der Waals surface area contributed by atoms with Gasteiger partial charge >= 0.3 is 5.97 Å². The molecule has 1 unspecified atom stereocenters. The Hall–Kier alpha value is -1.91. The molecule has 108 valence electrons. The summed E-state index contributed by atoms with van der Waals surface area (Å²) in [7, 11) is -3.89. The zero-order valence-electron chi connectivity index (χ0n) is 11.3. The van der Waals surface area contributed by atoms with Crippen molar-refractivity contribution in [2.75, 3.05) is 6.54 Å². The van der Waals surface area contributed by atoms with Crippen LogP contribution >= 0.6 is 0 Å². The molecule has 7 heteroatoms. The van der Waals surface area contributed by atoms with Gasteiger partial charge in [-0.1, -0.05) is 6.92 Å². The van der Waals surface area contributed by atoms with E-state index < -0.39 is 28.6 Å². The zero-order valence-corrected chi connectivity index (χ0v) is 12.1. The van der Waals surface area contributed by atoms with E-state index in [1.165, 1.54) is 24.3 Å². The fourth-order valence-corrected chi connectivity index (χ4v) is 3.31. The van der Waals surface area contributed by atoms with E-state index in [2.05, 4.69) is 0 Å². The predicted molar refractivity (Wildman–Crippen MR) is 72.4 cm³/mol. The molecular formula is C13H16N2O4S. The molecule has 0 radical (unpaired) electrons. The minimum Gasteiger partial charge on any atom is -0.480 e. The van der Waals surface area contributed by atoms with Gasteiger partial charge < -0.3 is 5.11 Å². The van der Waals surface area contributed by atoms with Crippen molar-refractivity contribution in [2.45, 2.75) is 31.2 Å². The minimum absolute atomic E-state index is 0.0157. The molecule has 0 fully saturated rings. The van der Waals surface area contributed by atoms with Crippen LogP contribution in [0, 0.1) is 11.3 Å². The van der Waals surface area contributed by atoms with Gasteiger partial charge in [-0.2, -0.15) is 9.57 Å². The van der Waals surface area contributed by atoms with Crippen molar-refractivity contribution in [2.24, 2.45) is 0 Å². The van der Waals surface area contributed by atoms with Crippen molar-refractivity contribution in [1.82, 2.24) is 4.31 Å². The van der Waals surface area contributed by atoms with E-state index >= 15 is 0 Å². The van der Waals surface area contributed by atoms with Gasteiger partial charge in [-0.3, -0.25) is 4.79 Å². The fourth-order valence-electron chi connectivity index (χ4n) is 1.65. The molecule has 1 aromatic carbocycles. The van der Waals surface area contributed by atoms with Crippen molar-refractivity contribution >= 4 is 16.0 Å². The topological polar surface area (TPSA) is 98.5 Å². The molecule has 1 atom stereocenters. The minimum atomic E-state index is -3.89. The lowest BCUT2D eigenvalue weighted by Crippen LogP contribution is -2.41. The van der Waals surface area contributed by atoms with Crippen LogP contribution in [0.25, 0.3) is 0 Å². The molecule has 0 saturated carbocycles. The van der Waals surface area contributed by atoms with Crippen molar-refractivity contribution in [3.8, 4) is 6.07 Å². The van der Waals surface area contributed by atoms with Crippen molar-refractivity contribution < 1.29 is 18.3 Å². The van der Waals surface area contributed by atoms with Crippen LogP contribution in [-0.2, 0) is 14.8 Å². The molecule has 1 N–H and O–H groups in total. The number of sulfonamides is 1. The van der Waals surface area contributed by atoms with E-state index in [1.807, 2.05) is 6.07 Å². The monoisotopic (exact) mass is 296 g/mol. The van der Waals surface area contributed by atoms with Gasteiger partial charge in [0.1, 0.15) is 6.54 Å². The predicted octanol–water partition coefficient (Wildman–Crippen LogP) is 1.43. The van der Waals surface area contributed by atoms with Crippen molar-refractivity contribution in [3.63, 3.8) is 0 Å². The first-order valence-electron chi connectivity index (χ1n) is 6.06. The fraction of sp³-hybridized carbons (Fsp3) is 0.385. The normalized spacial score (nSPS) is 12.9. The summed E-state index contributed by atoms with van der Waals surface area (Å²) < 4.78 is 25.9. The third-order valence-corrected chi connectivity index (χ3v) is 4.94. The Labute approximate surface area is 118 Å². The van der Waals surface area contributed by atoms with Crippen LogP contribution in [0.2, 0.25) is 0 Å². The lowest BCUT2D eigenvalue weighted by atomic mass is 10.2. The molecule has 1 rings (SSSR count). The summed E-state index contributed by atoms with van der Waals surface area (Å²) in [5, 5.41) is 17.6. The van der Waals surface area contributed by atoms with Crippen LogP contribution in [0.3, 0.4) is 0 Å². The average Bonchev–Trinajstić information content (AvgIpc) is 2.43. The molecule has 20 heavy (non-hydrogen) atoms. The third kappa shape index (κ3) is 3.56. The van der Waals surface area contributed by atoms with Gasteiger partial charge in [-0.25, -0.2) is 8.42 Å². The second-order valence-electron chi connectivity index (χ2n) is 4.34. The van der Waals surface area contributed by atoms with Crippen LogP contribution in [0.5, 0.6) is 0 Å². The Balaban J connectivity index is 3.21. The maximum Gasteiger partial charge on any atom is 0.318 e.